The van der Waals surface area contributed by atoms with Crippen LogP contribution >= 0.6 is 0 Å². The minimum atomic E-state index is -1.65. The van der Waals surface area contributed by atoms with E-state index < -0.39 is 41.4 Å². The summed E-state index contributed by atoms with van der Waals surface area (Å²) in [7, 11) is 0. The van der Waals surface area contributed by atoms with Crippen LogP contribution in [-0.4, -0.2) is 66.0 Å². The van der Waals surface area contributed by atoms with E-state index in [2.05, 4.69) is 0 Å². The third-order valence-electron chi connectivity index (χ3n) is 3.77. The molecule has 0 aromatic carbocycles. The predicted molar refractivity (Wildman–Crippen MR) is 65.9 cm³/mol. The summed E-state index contributed by atoms with van der Waals surface area (Å²) in [6, 6.07) is 0. The molecule has 8 nitrogen and oxygen atoms in total. The number of ketones is 1. The van der Waals surface area contributed by atoms with Crippen molar-refractivity contribution in [2.75, 3.05) is 19.8 Å². The van der Waals surface area contributed by atoms with Gasteiger partial charge in [-0.2, -0.15) is 0 Å². The summed E-state index contributed by atoms with van der Waals surface area (Å²) >= 11 is 0. The number of ether oxygens (including phenoxy) is 4. The summed E-state index contributed by atoms with van der Waals surface area (Å²) in [6.45, 7) is 4.13. The van der Waals surface area contributed by atoms with Crippen LogP contribution < -0.4 is 0 Å². The lowest BCUT2D eigenvalue weighted by molar-refractivity contribution is -0.268. The molecular formula is C13H17NO7. The van der Waals surface area contributed by atoms with E-state index in [1.165, 1.54) is 6.92 Å². The summed E-state index contributed by atoms with van der Waals surface area (Å²) in [5.41, 5.74) is 0. The van der Waals surface area contributed by atoms with E-state index in [-0.39, 0.29) is 19.8 Å². The van der Waals surface area contributed by atoms with Crippen LogP contribution in [0.25, 0.3) is 0 Å². The molecule has 0 aliphatic carbocycles. The zero-order valence-corrected chi connectivity index (χ0v) is 12.1. The molecule has 0 unspecified atom stereocenters. The molecule has 3 aliphatic heterocycles. The van der Waals surface area contributed by atoms with Crippen LogP contribution in [0.15, 0.2) is 0 Å². The highest BCUT2D eigenvalue weighted by Gasteiger charge is 2.60. The van der Waals surface area contributed by atoms with E-state index in [1.807, 2.05) is 0 Å². The number of hydrogen-bond acceptors (Lipinski definition) is 7. The number of morpholine rings is 1. The Labute approximate surface area is 121 Å². The summed E-state index contributed by atoms with van der Waals surface area (Å²) < 4.78 is 22.0. The molecule has 0 radical (unpaired) electrons. The molecule has 3 rings (SSSR count). The fourth-order valence-electron chi connectivity index (χ4n) is 2.81. The van der Waals surface area contributed by atoms with Crippen molar-refractivity contribution in [2.45, 2.75) is 44.6 Å². The monoisotopic (exact) mass is 299 g/mol. The van der Waals surface area contributed by atoms with Gasteiger partial charge in [0.2, 0.25) is 11.7 Å². The number of hydrogen-bond donors (Lipinski definition) is 0. The Morgan fingerprint density at radius 2 is 1.95 bits per heavy atom. The SMILES string of the molecule is CC(=O)N1C[C@@]2(OCC1=O)OC[C@H]1OC(C)(C)O[C@H]1C2=O. The molecule has 3 saturated heterocycles. The van der Waals surface area contributed by atoms with Crippen molar-refractivity contribution < 1.29 is 33.3 Å². The number of carbonyl (C=O) groups is 3. The Morgan fingerprint density at radius 3 is 2.62 bits per heavy atom. The fraction of sp³-hybridized carbons (Fsp3) is 0.769. The van der Waals surface area contributed by atoms with Crippen molar-refractivity contribution in [1.29, 1.82) is 0 Å². The molecule has 116 valence electrons. The van der Waals surface area contributed by atoms with Crippen molar-refractivity contribution in [3.05, 3.63) is 0 Å². The standard InChI is InChI=1S/C13H17NO7/c1-7(15)14-6-13(19-5-9(14)16)11(17)10-8(4-18-13)20-12(2,3)21-10/h8,10H,4-6H2,1-3H3/t8-,10-,13+/m1/s1. The summed E-state index contributed by atoms with van der Waals surface area (Å²) in [5, 5.41) is 0. The average molecular weight is 299 g/mol. The summed E-state index contributed by atoms with van der Waals surface area (Å²) in [5.74, 6) is -3.93. The Bertz CT molecular complexity index is 517. The van der Waals surface area contributed by atoms with Crippen molar-refractivity contribution >= 4 is 17.6 Å². The number of carbonyl (C=O) groups excluding carboxylic acids is 3. The van der Waals surface area contributed by atoms with Gasteiger partial charge in [-0.25, -0.2) is 0 Å². The van der Waals surface area contributed by atoms with Gasteiger partial charge in [0, 0.05) is 6.92 Å². The maximum Gasteiger partial charge on any atom is 0.255 e. The zero-order chi connectivity index (χ0) is 15.4. The second kappa shape index (κ2) is 4.57. The molecule has 0 bridgehead atoms. The molecule has 8 heteroatoms. The zero-order valence-electron chi connectivity index (χ0n) is 12.1. The highest BCUT2D eigenvalue weighted by atomic mass is 16.8. The molecule has 1 spiro atoms. The normalized spacial score (nSPS) is 38.7. The first kappa shape index (κ1) is 14.6. The molecule has 3 atom stereocenters. The van der Waals surface area contributed by atoms with Crippen LogP contribution in [0.1, 0.15) is 20.8 Å². The minimum absolute atomic E-state index is 0.0970. The predicted octanol–water partition coefficient (Wildman–Crippen LogP) is -0.793. The number of rotatable bonds is 0. The van der Waals surface area contributed by atoms with E-state index >= 15 is 0 Å². The molecule has 2 amide bonds. The molecule has 0 aromatic heterocycles. The van der Waals surface area contributed by atoms with Crippen LogP contribution in [0.5, 0.6) is 0 Å². The Hall–Kier alpha value is -1.35. The average Bonchev–Trinajstić information content (AvgIpc) is 2.72. The van der Waals surface area contributed by atoms with Crippen LogP contribution in [0, 0.1) is 0 Å². The van der Waals surface area contributed by atoms with Gasteiger partial charge in [0.05, 0.1) is 13.2 Å². The van der Waals surface area contributed by atoms with Crippen LogP contribution in [-0.2, 0) is 33.3 Å². The lowest BCUT2D eigenvalue weighted by Gasteiger charge is -2.43. The van der Waals surface area contributed by atoms with Gasteiger partial charge in [-0.05, 0) is 13.8 Å². The highest BCUT2D eigenvalue weighted by Crippen LogP contribution is 2.37. The summed E-state index contributed by atoms with van der Waals surface area (Å²) in [6.07, 6.45) is -1.33. The molecule has 0 saturated carbocycles. The van der Waals surface area contributed by atoms with E-state index in [9.17, 15) is 14.4 Å². The maximum absolute atomic E-state index is 12.6. The van der Waals surface area contributed by atoms with Gasteiger partial charge in [0.1, 0.15) is 12.7 Å². The van der Waals surface area contributed by atoms with Gasteiger partial charge in [-0.1, -0.05) is 0 Å². The van der Waals surface area contributed by atoms with Crippen LogP contribution in [0.2, 0.25) is 0 Å². The van der Waals surface area contributed by atoms with Crippen molar-refractivity contribution in [2.24, 2.45) is 0 Å². The highest BCUT2D eigenvalue weighted by molar-refractivity contribution is 5.99. The van der Waals surface area contributed by atoms with Crippen molar-refractivity contribution in [3.63, 3.8) is 0 Å². The number of fused-ring (bicyclic) bond motifs is 1. The maximum atomic E-state index is 12.6. The van der Waals surface area contributed by atoms with Crippen molar-refractivity contribution in [3.8, 4) is 0 Å². The third-order valence-corrected chi connectivity index (χ3v) is 3.77. The topological polar surface area (TPSA) is 91.4 Å². The first-order chi connectivity index (χ1) is 9.74. The first-order valence-corrected chi connectivity index (χ1v) is 6.73. The van der Waals surface area contributed by atoms with Gasteiger partial charge >= 0.3 is 0 Å². The van der Waals surface area contributed by atoms with Gasteiger partial charge in [0.25, 0.3) is 11.7 Å². The molecular weight excluding hydrogens is 282 g/mol. The molecule has 0 N–H and O–H groups in total. The minimum Gasteiger partial charge on any atom is -0.342 e. The van der Waals surface area contributed by atoms with Gasteiger partial charge in [-0.15, -0.1) is 0 Å². The van der Waals surface area contributed by atoms with E-state index in [0.29, 0.717) is 0 Å². The number of imide groups is 1. The van der Waals surface area contributed by atoms with E-state index in [4.69, 9.17) is 18.9 Å². The molecule has 21 heavy (non-hydrogen) atoms. The molecule has 0 aromatic rings. The van der Waals surface area contributed by atoms with Gasteiger partial charge in [-0.3, -0.25) is 19.3 Å². The van der Waals surface area contributed by atoms with E-state index in [1.54, 1.807) is 13.8 Å². The first-order valence-electron chi connectivity index (χ1n) is 6.73. The van der Waals surface area contributed by atoms with Gasteiger partial charge in [0.15, 0.2) is 11.9 Å². The molecule has 3 fully saturated rings. The lowest BCUT2D eigenvalue weighted by atomic mass is 9.97. The largest absolute Gasteiger partial charge is 0.342 e. The molecule has 3 aliphatic rings. The smallest absolute Gasteiger partial charge is 0.255 e. The second-order valence-electron chi connectivity index (χ2n) is 5.81. The van der Waals surface area contributed by atoms with Gasteiger partial charge < -0.3 is 18.9 Å². The number of nitrogens with zero attached hydrogens (tertiary/aromatic N) is 1. The van der Waals surface area contributed by atoms with E-state index in [0.717, 1.165) is 4.90 Å². The lowest BCUT2D eigenvalue weighted by Crippen LogP contribution is -2.67. The number of Topliss-reactive ketones (excluding diaryl/α,β-unsaturated/α-hetero) is 1. The fourth-order valence-corrected chi connectivity index (χ4v) is 2.81. The molecule has 3 heterocycles. The Balaban J connectivity index is 1.85. The number of amides is 2. The Morgan fingerprint density at radius 1 is 1.24 bits per heavy atom. The van der Waals surface area contributed by atoms with Crippen LogP contribution in [0.4, 0.5) is 0 Å². The summed E-state index contributed by atoms with van der Waals surface area (Å²) in [4.78, 5) is 36.8. The van der Waals surface area contributed by atoms with Crippen molar-refractivity contribution in [1.82, 2.24) is 4.90 Å². The third kappa shape index (κ3) is 2.28. The van der Waals surface area contributed by atoms with Crippen LogP contribution in [0.3, 0.4) is 0 Å². The second-order valence-corrected chi connectivity index (χ2v) is 5.81. The Kier molecular flexibility index (Phi) is 3.17. The quantitative estimate of drug-likeness (QED) is 0.578.